The summed E-state index contributed by atoms with van der Waals surface area (Å²) in [5.41, 5.74) is 4.95. The number of hydrogen-bond acceptors (Lipinski definition) is 3. The molecule has 2 aromatic carbocycles. The Balaban J connectivity index is 1.93. The Bertz CT molecular complexity index is 731. The van der Waals surface area contributed by atoms with Crippen molar-refractivity contribution in [2.45, 2.75) is 40.0 Å². The van der Waals surface area contributed by atoms with Crippen LogP contribution in [0.5, 0.6) is 0 Å². The van der Waals surface area contributed by atoms with E-state index in [1.807, 2.05) is 0 Å². The van der Waals surface area contributed by atoms with Gasteiger partial charge in [0.2, 0.25) is 5.91 Å². The first-order valence-electron chi connectivity index (χ1n) is 8.80. The van der Waals surface area contributed by atoms with E-state index in [1.54, 1.807) is 24.3 Å². The van der Waals surface area contributed by atoms with E-state index in [2.05, 4.69) is 42.7 Å². The van der Waals surface area contributed by atoms with E-state index >= 15 is 0 Å². The Kier molecular flexibility index (Phi) is 6.75. The predicted molar refractivity (Wildman–Crippen MR) is 103 cm³/mol. The minimum atomic E-state index is -0.0692. The lowest BCUT2D eigenvalue weighted by Gasteiger charge is -2.15. The molecule has 0 unspecified atom stereocenters. The average Bonchev–Trinajstić information content (AvgIpc) is 2.61. The van der Waals surface area contributed by atoms with Crippen molar-refractivity contribution in [2.75, 3.05) is 17.2 Å². The van der Waals surface area contributed by atoms with Crippen LogP contribution in [0.3, 0.4) is 0 Å². The fourth-order valence-corrected chi connectivity index (χ4v) is 2.81. The van der Waals surface area contributed by atoms with Crippen molar-refractivity contribution < 1.29 is 9.59 Å². The number of amides is 1. The summed E-state index contributed by atoms with van der Waals surface area (Å²) in [6, 6.07) is 13.3. The van der Waals surface area contributed by atoms with Crippen LogP contribution in [0.15, 0.2) is 42.5 Å². The highest BCUT2D eigenvalue weighted by molar-refractivity contribution is 5.97. The van der Waals surface area contributed by atoms with Crippen LogP contribution >= 0.6 is 0 Å². The lowest BCUT2D eigenvalue weighted by Crippen LogP contribution is -2.17. The summed E-state index contributed by atoms with van der Waals surface area (Å²) in [5.74, 6) is -0.0822. The highest BCUT2D eigenvalue weighted by atomic mass is 16.1. The minimum absolute atomic E-state index is 0.0129. The van der Waals surface area contributed by atoms with Gasteiger partial charge in [0.05, 0.1) is 0 Å². The number of rotatable bonds is 8. The fourth-order valence-electron chi connectivity index (χ4n) is 2.81. The lowest BCUT2D eigenvalue weighted by molar-refractivity contribution is -0.115. The van der Waals surface area contributed by atoms with Gasteiger partial charge in [-0.1, -0.05) is 44.2 Å². The van der Waals surface area contributed by atoms with Crippen molar-refractivity contribution in [1.29, 1.82) is 0 Å². The number of nitrogens with one attached hydrogen (secondary N) is 2. The van der Waals surface area contributed by atoms with Crippen molar-refractivity contribution in [3.05, 3.63) is 59.2 Å². The van der Waals surface area contributed by atoms with Gasteiger partial charge in [-0.3, -0.25) is 9.59 Å². The lowest BCUT2D eigenvalue weighted by atomic mass is 10.0. The fraction of sp³-hybridized carbons (Fsp3) is 0.333. The van der Waals surface area contributed by atoms with Crippen molar-refractivity contribution in [1.82, 2.24) is 0 Å². The molecule has 0 heterocycles. The van der Waals surface area contributed by atoms with E-state index in [0.29, 0.717) is 24.2 Å². The molecule has 0 aromatic heterocycles. The molecule has 0 atom stereocenters. The minimum Gasteiger partial charge on any atom is -0.384 e. The van der Waals surface area contributed by atoms with Gasteiger partial charge in [0, 0.05) is 29.9 Å². The molecular formula is C21H26N2O2. The van der Waals surface area contributed by atoms with Gasteiger partial charge in [-0.25, -0.2) is 0 Å². The normalized spacial score (nSPS) is 10.4. The van der Waals surface area contributed by atoms with Crippen LogP contribution in [0.2, 0.25) is 0 Å². The first-order valence-corrected chi connectivity index (χ1v) is 8.80. The molecule has 0 saturated heterocycles. The van der Waals surface area contributed by atoms with Crippen LogP contribution in [0, 0.1) is 0 Å². The Morgan fingerprint density at radius 3 is 2.20 bits per heavy atom. The number of anilines is 2. The van der Waals surface area contributed by atoms with Crippen LogP contribution in [-0.2, 0) is 17.6 Å². The third kappa shape index (κ3) is 5.18. The second-order valence-corrected chi connectivity index (χ2v) is 6.02. The largest absolute Gasteiger partial charge is 0.384 e. The predicted octanol–water partition coefficient (Wildman–Crippen LogP) is 4.45. The number of Topliss-reactive ketones (excluding diaryl/α,β-unsaturated/α-hetero) is 1. The Hall–Kier alpha value is -2.62. The third-order valence-electron chi connectivity index (χ3n) is 4.21. The standard InChI is InChI=1S/C21H26N2O2/c1-4-16-8-6-9-17(5-2)21(16)22-13-12-20(25)23-19-11-7-10-18(14-19)15(3)24/h6-11,14,22H,4-5,12-13H2,1-3H3,(H,23,25). The molecule has 0 fully saturated rings. The summed E-state index contributed by atoms with van der Waals surface area (Å²) in [7, 11) is 0. The topological polar surface area (TPSA) is 58.2 Å². The van der Waals surface area contributed by atoms with Crippen molar-refractivity contribution >= 4 is 23.1 Å². The SMILES string of the molecule is CCc1cccc(CC)c1NCCC(=O)Nc1cccc(C(C)=O)c1. The van der Waals surface area contributed by atoms with Crippen LogP contribution in [-0.4, -0.2) is 18.2 Å². The maximum Gasteiger partial charge on any atom is 0.226 e. The van der Waals surface area contributed by atoms with Crippen LogP contribution < -0.4 is 10.6 Å². The molecule has 25 heavy (non-hydrogen) atoms. The molecule has 4 nitrogen and oxygen atoms in total. The summed E-state index contributed by atoms with van der Waals surface area (Å²) in [4.78, 5) is 23.6. The van der Waals surface area contributed by atoms with Crippen LogP contribution in [0.1, 0.15) is 48.7 Å². The molecule has 0 saturated carbocycles. The second-order valence-electron chi connectivity index (χ2n) is 6.02. The maximum absolute atomic E-state index is 12.2. The highest BCUT2D eigenvalue weighted by Crippen LogP contribution is 2.22. The van der Waals surface area contributed by atoms with Gasteiger partial charge >= 0.3 is 0 Å². The van der Waals surface area contributed by atoms with E-state index < -0.39 is 0 Å². The second kappa shape index (κ2) is 9.02. The molecule has 2 aromatic rings. The van der Waals surface area contributed by atoms with E-state index in [1.165, 1.54) is 18.1 Å². The van der Waals surface area contributed by atoms with Crippen LogP contribution in [0.25, 0.3) is 0 Å². The average molecular weight is 338 g/mol. The molecule has 1 amide bonds. The molecular weight excluding hydrogens is 312 g/mol. The zero-order valence-electron chi connectivity index (χ0n) is 15.2. The van der Waals surface area contributed by atoms with E-state index in [4.69, 9.17) is 0 Å². The molecule has 2 rings (SSSR count). The molecule has 4 heteroatoms. The Labute approximate surface area is 149 Å². The van der Waals surface area contributed by atoms with E-state index in [-0.39, 0.29) is 11.7 Å². The summed E-state index contributed by atoms with van der Waals surface area (Å²) >= 11 is 0. The number of ketones is 1. The monoisotopic (exact) mass is 338 g/mol. The van der Waals surface area contributed by atoms with Gasteiger partial charge in [-0.15, -0.1) is 0 Å². The highest BCUT2D eigenvalue weighted by Gasteiger charge is 2.08. The number of para-hydroxylation sites is 1. The number of benzene rings is 2. The smallest absolute Gasteiger partial charge is 0.226 e. The number of carbonyl (C=O) groups excluding carboxylic acids is 2. The Morgan fingerprint density at radius 2 is 1.60 bits per heavy atom. The van der Waals surface area contributed by atoms with Crippen LogP contribution in [0.4, 0.5) is 11.4 Å². The quantitative estimate of drug-likeness (QED) is 0.699. The zero-order chi connectivity index (χ0) is 18.2. The van der Waals surface area contributed by atoms with E-state index in [9.17, 15) is 9.59 Å². The van der Waals surface area contributed by atoms with Gasteiger partial charge in [0.15, 0.2) is 5.78 Å². The summed E-state index contributed by atoms with van der Waals surface area (Å²) < 4.78 is 0. The van der Waals surface area contributed by atoms with Crippen molar-refractivity contribution in [3.8, 4) is 0 Å². The Morgan fingerprint density at radius 1 is 0.960 bits per heavy atom. The van der Waals surface area contributed by atoms with Crippen molar-refractivity contribution in [3.63, 3.8) is 0 Å². The van der Waals surface area contributed by atoms with Gasteiger partial charge in [-0.05, 0) is 43.0 Å². The maximum atomic E-state index is 12.2. The molecule has 0 aliphatic carbocycles. The zero-order valence-corrected chi connectivity index (χ0v) is 15.2. The molecule has 0 bridgehead atoms. The molecule has 0 aliphatic rings. The summed E-state index contributed by atoms with van der Waals surface area (Å²) in [6.07, 6.45) is 2.28. The van der Waals surface area contributed by atoms with Crippen molar-refractivity contribution in [2.24, 2.45) is 0 Å². The van der Waals surface area contributed by atoms with E-state index in [0.717, 1.165) is 18.5 Å². The first kappa shape index (κ1) is 18.7. The van der Waals surface area contributed by atoms with Gasteiger partial charge < -0.3 is 10.6 Å². The first-order chi connectivity index (χ1) is 12.0. The molecule has 0 radical (unpaired) electrons. The summed E-state index contributed by atoms with van der Waals surface area (Å²) in [5, 5.41) is 6.26. The van der Waals surface area contributed by atoms with Gasteiger partial charge in [0.1, 0.15) is 0 Å². The van der Waals surface area contributed by atoms with Gasteiger partial charge in [0.25, 0.3) is 0 Å². The summed E-state index contributed by atoms with van der Waals surface area (Å²) in [6.45, 7) is 6.35. The molecule has 2 N–H and O–H groups in total. The van der Waals surface area contributed by atoms with Gasteiger partial charge in [-0.2, -0.15) is 0 Å². The molecule has 132 valence electrons. The number of carbonyl (C=O) groups is 2. The number of aryl methyl sites for hydroxylation is 2. The molecule has 0 aliphatic heterocycles. The third-order valence-corrected chi connectivity index (χ3v) is 4.21. The number of hydrogen-bond donors (Lipinski definition) is 2. The molecule has 0 spiro atoms.